The number of likely N-dealkylation sites (N-methyl/N-ethyl adjacent to an activating group) is 1. The molecular formula is C19H29N3O2. The number of carbonyl (C=O) groups is 2. The lowest BCUT2D eigenvalue weighted by Gasteiger charge is -2.40. The Morgan fingerprint density at radius 1 is 1.08 bits per heavy atom. The van der Waals surface area contributed by atoms with Gasteiger partial charge in [-0.1, -0.05) is 31.4 Å². The molecule has 1 aromatic rings. The van der Waals surface area contributed by atoms with Crippen molar-refractivity contribution in [1.82, 2.24) is 10.2 Å². The first-order valence-electron chi connectivity index (χ1n) is 8.97. The minimum Gasteiger partial charge on any atom is -0.341 e. The summed E-state index contributed by atoms with van der Waals surface area (Å²) >= 11 is 0. The van der Waals surface area contributed by atoms with Crippen molar-refractivity contribution in [2.75, 3.05) is 13.1 Å². The average Bonchev–Trinajstić information content (AvgIpc) is 2.63. The first-order valence-corrected chi connectivity index (χ1v) is 8.97. The van der Waals surface area contributed by atoms with Gasteiger partial charge < -0.3 is 16.0 Å². The molecule has 3 N–H and O–H groups in total. The zero-order chi connectivity index (χ0) is 17.6. The summed E-state index contributed by atoms with van der Waals surface area (Å²) in [6.45, 7) is 5.74. The van der Waals surface area contributed by atoms with Crippen LogP contribution in [0.3, 0.4) is 0 Å². The fraction of sp³-hybridized carbons (Fsp3) is 0.579. The molecule has 24 heavy (non-hydrogen) atoms. The highest BCUT2D eigenvalue weighted by molar-refractivity contribution is 5.99. The van der Waals surface area contributed by atoms with E-state index >= 15 is 0 Å². The average molecular weight is 331 g/mol. The molecule has 0 bridgehead atoms. The number of amides is 2. The molecule has 1 aliphatic carbocycles. The van der Waals surface area contributed by atoms with E-state index in [1.807, 2.05) is 30.9 Å². The number of rotatable bonds is 6. The number of hydrogen-bond acceptors (Lipinski definition) is 3. The van der Waals surface area contributed by atoms with Gasteiger partial charge in [-0.3, -0.25) is 9.59 Å². The highest BCUT2D eigenvalue weighted by atomic mass is 16.2. The molecule has 1 aromatic carbocycles. The Morgan fingerprint density at radius 3 is 2.17 bits per heavy atom. The maximum Gasteiger partial charge on any atom is 0.252 e. The highest BCUT2D eigenvalue weighted by Crippen LogP contribution is 2.30. The quantitative estimate of drug-likeness (QED) is 0.841. The topological polar surface area (TPSA) is 75.4 Å². The SMILES string of the molecule is CCN(CC)C(=O)C1(NC(=O)c2ccc(CN)cc2)CCCCC1. The first-order chi connectivity index (χ1) is 11.6. The molecule has 1 saturated carbocycles. The van der Waals surface area contributed by atoms with E-state index in [1.54, 1.807) is 12.1 Å². The Morgan fingerprint density at radius 2 is 1.67 bits per heavy atom. The minimum absolute atomic E-state index is 0.0547. The molecule has 0 saturated heterocycles. The van der Waals surface area contributed by atoms with Crippen LogP contribution in [0.4, 0.5) is 0 Å². The largest absolute Gasteiger partial charge is 0.341 e. The van der Waals surface area contributed by atoms with Crippen molar-refractivity contribution in [3.63, 3.8) is 0 Å². The van der Waals surface area contributed by atoms with Gasteiger partial charge in [-0.2, -0.15) is 0 Å². The third-order valence-electron chi connectivity index (χ3n) is 4.97. The summed E-state index contributed by atoms with van der Waals surface area (Å²) in [6.07, 6.45) is 4.50. The van der Waals surface area contributed by atoms with Gasteiger partial charge in [-0.15, -0.1) is 0 Å². The molecule has 0 aliphatic heterocycles. The van der Waals surface area contributed by atoms with Crippen LogP contribution in [-0.2, 0) is 11.3 Å². The van der Waals surface area contributed by atoms with Crippen LogP contribution in [0.15, 0.2) is 24.3 Å². The fourth-order valence-electron chi connectivity index (χ4n) is 3.44. The van der Waals surface area contributed by atoms with Crippen molar-refractivity contribution < 1.29 is 9.59 Å². The van der Waals surface area contributed by atoms with E-state index in [1.165, 1.54) is 0 Å². The number of nitrogens with two attached hydrogens (primary N) is 1. The number of nitrogens with one attached hydrogen (secondary N) is 1. The van der Waals surface area contributed by atoms with E-state index in [0.29, 0.717) is 25.2 Å². The third kappa shape index (κ3) is 3.96. The van der Waals surface area contributed by atoms with Crippen LogP contribution < -0.4 is 11.1 Å². The lowest BCUT2D eigenvalue weighted by Crippen LogP contribution is -2.60. The first kappa shape index (κ1) is 18.5. The van der Waals surface area contributed by atoms with Gasteiger partial charge in [0.25, 0.3) is 5.91 Å². The van der Waals surface area contributed by atoms with Crippen molar-refractivity contribution in [3.05, 3.63) is 35.4 Å². The van der Waals surface area contributed by atoms with E-state index in [2.05, 4.69) is 5.32 Å². The Hall–Kier alpha value is -1.88. The smallest absolute Gasteiger partial charge is 0.252 e. The summed E-state index contributed by atoms with van der Waals surface area (Å²) in [5, 5.41) is 3.07. The summed E-state index contributed by atoms with van der Waals surface area (Å²) in [4.78, 5) is 27.6. The minimum atomic E-state index is -0.756. The molecule has 0 spiro atoms. The Bertz CT molecular complexity index is 558. The van der Waals surface area contributed by atoms with Crippen molar-refractivity contribution in [3.8, 4) is 0 Å². The molecule has 0 radical (unpaired) electrons. The molecule has 1 aliphatic rings. The van der Waals surface area contributed by atoms with Gasteiger partial charge in [-0.05, 0) is 44.4 Å². The predicted octanol–water partition coefficient (Wildman–Crippen LogP) is 2.45. The molecule has 0 aromatic heterocycles. The summed E-state index contributed by atoms with van der Waals surface area (Å²) in [7, 11) is 0. The van der Waals surface area contributed by atoms with Gasteiger partial charge in [0.15, 0.2) is 0 Å². The Labute approximate surface area is 144 Å². The van der Waals surface area contributed by atoms with Crippen LogP contribution in [0, 0.1) is 0 Å². The van der Waals surface area contributed by atoms with Crippen LogP contribution in [0.5, 0.6) is 0 Å². The van der Waals surface area contributed by atoms with Gasteiger partial charge in [0, 0.05) is 25.2 Å². The van der Waals surface area contributed by atoms with Crippen LogP contribution in [0.1, 0.15) is 61.9 Å². The van der Waals surface area contributed by atoms with Gasteiger partial charge >= 0.3 is 0 Å². The molecule has 0 unspecified atom stereocenters. The lowest BCUT2D eigenvalue weighted by molar-refractivity contribution is -0.139. The standard InChI is InChI=1S/C19H29N3O2/c1-3-22(4-2)18(24)19(12-6-5-7-13-19)21-17(23)16-10-8-15(14-20)9-11-16/h8-11H,3-7,12-14,20H2,1-2H3,(H,21,23). The van der Waals surface area contributed by atoms with Crippen LogP contribution in [0.25, 0.3) is 0 Å². The normalized spacial score (nSPS) is 16.5. The monoisotopic (exact) mass is 331 g/mol. The zero-order valence-electron chi connectivity index (χ0n) is 14.8. The van der Waals surface area contributed by atoms with Crippen molar-refractivity contribution in [2.45, 2.75) is 58.0 Å². The van der Waals surface area contributed by atoms with Gasteiger partial charge in [0.05, 0.1) is 0 Å². The van der Waals surface area contributed by atoms with E-state index in [4.69, 9.17) is 5.73 Å². The molecule has 0 heterocycles. The summed E-state index contributed by atoms with van der Waals surface area (Å²) < 4.78 is 0. The van der Waals surface area contributed by atoms with E-state index in [9.17, 15) is 9.59 Å². The molecule has 2 rings (SSSR count). The van der Waals surface area contributed by atoms with E-state index in [-0.39, 0.29) is 11.8 Å². The number of benzene rings is 1. The maximum absolute atomic E-state index is 13.0. The summed E-state index contributed by atoms with van der Waals surface area (Å²) in [5.74, 6) is -0.125. The van der Waals surface area contributed by atoms with Crippen LogP contribution in [-0.4, -0.2) is 35.3 Å². The Kier molecular flexibility index (Phi) is 6.37. The van der Waals surface area contributed by atoms with Crippen LogP contribution in [0.2, 0.25) is 0 Å². The fourth-order valence-corrected chi connectivity index (χ4v) is 3.44. The molecule has 5 heteroatoms. The molecular weight excluding hydrogens is 302 g/mol. The van der Waals surface area contributed by atoms with E-state index in [0.717, 1.165) is 37.7 Å². The highest BCUT2D eigenvalue weighted by Gasteiger charge is 2.42. The van der Waals surface area contributed by atoms with Crippen molar-refractivity contribution in [2.24, 2.45) is 5.73 Å². The van der Waals surface area contributed by atoms with E-state index < -0.39 is 5.54 Å². The molecule has 1 fully saturated rings. The maximum atomic E-state index is 13.0. The second kappa shape index (κ2) is 8.29. The molecule has 2 amide bonds. The number of carbonyl (C=O) groups excluding carboxylic acids is 2. The lowest BCUT2D eigenvalue weighted by atomic mass is 9.80. The second-order valence-corrected chi connectivity index (χ2v) is 6.48. The van der Waals surface area contributed by atoms with Gasteiger partial charge in [0.2, 0.25) is 5.91 Å². The van der Waals surface area contributed by atoms with Crippen LogP contribution >= 0.6 is 0 Å². The zero-order valence-corrected chi connectivity index (χ0v) is 14.8. The third-order valence-corrected chi connectivity index (χ3v) is 4.97. The van der Waals surface area contributed by atoms with Crippen molar-refractivity contribution >= 4 is 11.8 Å². The number of hydrogen-bond donors (Lipinski definition) is 2. The number of nitrogens with zero attached hydrogens (tertiary/aromatic N) is 1. The predicted molar refractivity (Wildman–Crippen MR) is 95.5 cm³/mol. The second-order valence-electron chi connectivity index (χ2n) is 6.48. The molecule has 0 atom stereocenters. The summed E-state index contributed by atoms with van der Waals surface area (Å²) in [6, 6.07) is 7.26. The molecule has 132 valence electrons. The van der Waals surface area contributed by atoms with Gasteiger partial charge in [0.1, 0.15) is 5.54 Å². The molecule has 5 nitrogen and oxygen atoms in total. The van der Waals surface area contributed by atoms with Crippen molar-refractivity contribution in [1.29, 1.82) is 0 Å². The summed E-state index contributed by atoms with van der Waals surface area (Å²) in [5.41, 5.74) is 6.40. The Balaban J connectivity index is 2.21. The van der Waals surface area contributed by atoms with Gasteiger partial charge in [-0.25, -0.2) is 0 Å².